The summed E-state index contributed by atoms with van der Waals surface area (Å²) in [5.41, 5.74) is 1.66. The second-order valence-corrected chi connectivity index (χ2v) is 5.99. The predicted molar refractivity (Wildman–Crippen MR) is 98.0 cm³/mol. The first-order valence-corrected chi connectivity index (χ1v) is 8.00. The van der Waals surface area contributed by atoms with Crippen LogP contribution < -0.4 is 10.6 Å². The third-order valence-electron chi connectivity index (χ3n) is 3.15. The monoisotopic (exact) mass is 365 g/mol. The minimum Gasteiger partial charge on any atom is -0.480 e. The Bertz CT molecular complexity index is 716. The fraction of sp³-hybridized carbons (Fsp3) is 0.176. The molecule has 0 saturated carbocycles. The third-order valence-corrected chi connectivity index (χ3v) is 3.59. The van der Waals surface area contributed by atoms with E-state index in [4.69, 9.17) is 28.3 Å². The van der Waals surface area contributed by atoms with E-state index in [9.17, 15) is 4.79 Å². The number of anilines is 1. The molecule has 5 nitrogen and oxygen atoms in total. The molecule has 0 amide bonds. The summed E-state index contributed by atoms with van der Waals surface area (Å²) in [7, 11) is 0. The molecule has 0 aliphatic heterocycles. The molecule has 2 aromatic carbocycles. The molecule has 1 atom stereocenters. The van der Waals surface area contributed by atoms with Gasteiger partial charge in [0.15, 0.2) is 5.96 Å². The molecule has 0 radical (unpaired) electrons. The number of benzene rings is 2. The zero-order valence-electron chi connectivity index (χ0n) is 13.0. The lowest BCUT2D eigenvalue weighted by Gasteiger charge is -2.19. The minimum absolute atomic E-state index is 0.0686. The number of rotatable bonds is 5. The molecule has 0 unspecified atom stereocenters. The van der Waals surface area contributed by atoms with E-state index < -0.39 is 5.97 Å². The quantitative estimate of drug-likeness (QED) is 0.548. The summed E-state index contributed by atoms with van der Waals surface area (Å²) in [4.78, 5) is 14.9. The molecular weight excluding hydrogens is 349 g/mol. The second-order valence-electron chi connectivity index (χ2n) is 5.12. The Morgan fingerprint density at radius 1 is 1.17 bits per heavy atom. The van der Waals surface area contributed by atoms with Gasteiger partial charge in [-0.15, -0.1) is 0 Å². The van der Waals surface area contributed by atoms with E-state index in [-0.39, 0.29) is 12.6 Å². The molecular formula is C17H17Cl2N3O2. The zero-order chi connectivity index (χ0) is 17.5. The maximum Gasteiger partial charge on any atom is 0.325 e. The normalized spacial score (nSPS) is 12.5. The highest BCUT2D eigenvalue weighted by atomic mass is 35.5. The molecule has 24 heavy (non-hydrogen) atoms. The Hall–Kier alpha value is -2.24. The van der Waals surface area contributed by atoms with E-state index in [0.29, 0.717) is 21.7 Å². The molecule has 126 valence electrons. The van der Waals surface area contributed by atoms with Gasteiger partial charge in [-0.1, -0.05) is 53.5 Å². The Morgan fingerprint density at radius 3 is 2.38 bits per heavy atom. The van der Waals surface area contributed by atoms with Crippen molar-refractivity contribution in [2.75, 3.05) is 11.9 Å². The van der Waals surface area contributed by atoms with Gasteiger partial charge in [-0.3, -0.25) is 4.79 Å². The van der Waals surface area contributed by atoms with Crippen molar-refractivity contribution in [3.05, 3.63) is 64.1 Å². The molecule has 0 bridgehead atoms. The summed E-state index contributed by atoms with van der Waals surface area (Å²) in [5.74, 6) is -0.695. The fourth-order valence-electron chi connectivity index (χ4n) is 2.06. The maximum absolute atomic E-state index is 10.8. The Balaban J connectivity index is 2.18. The summed E-state index contributed by atoms with van der Waals surface area (Å²) in [6.45, 7) is 1.60. The van der Waals surface area contributed by atoms with Crippen LogP contribution in [0.5, 0.6) is 0 Å². The average Bonchev–Trinajstić information content (AvgIpc) is 2.52. The van der Waals surface area contributed by atoms with Gasteiger partial charge in [-0.25, -0.2) is 4.99 Å². The number of aliphatic imine (C=N–C) groups is 1. The summed E-state index contributed by atoms with van der Waals surface area (Å²) in [6, 6.07) is 14.7. The molecule has 0 aliphatic rings. The largest absolute Gasteiger partial charge is 0.480 e. The molecule has 3 N–H and O–H groups in total. The van der Waals surface area contributed by atoms with Crippen LogP contribution >= 0.6 is 23.2 Å². The van der Waals surface area contributed by atoms with Gasteiger partial charge in [-0.2, -0.15) is 0 Å². The van der Waals surface area contributed by atoms with Crippen LogP contribution in [0.15, 0.2) is 53.5 Å². The standard InChI is InChI=1S/C17H17Cl2N3O2/c1-11(12-5-3-2-4-6-12)21-17(20-10-16(23)24)22-15-8-13(18)7-14(19)9-15/h2-9,11H,10H2,1H3,(H,23,24)(H2,20,21,22)/t11-/m1/s1. The van der Waals surface area contributed by atoms with Crippen molar-refractivity contribution >= 4 is 40.8 Å². The van der Waals surface area contributed by atoms with E-state index in [1.165, 1.54) is 0 Å². The fourth-order valence-corrected chi connectivity index (χ4v) is 2.59. The van der Waals surface area contributed by atoms with E-state index in [0.717, 1.165) is 5.56 Å². The van der Waals surface area contributed by atoms with Crippen LogP contribution in [-0.2, 0) is 4.79 Å². The van der Waals surface area contributed by atoms with Gasteiger partial charge in [0.2, 0.25) is 0 Å². The van der Waals surface area contributed by atoms with Crippen LogP contribution in [0.4, 0.5) is 5.69 Å². The third kappa shape index (κ3) is 5.76. The van der Waals surface area contributed by atoms with Crippen LogP contribution in [0, 0.1) is 0 Å². The van der Waals surface area contributed by atoms with Crippen molar-refractivity contribution in [3.63, 3.8) is 0 Å². The summed E-state index contributed by atoms with van der Waals surface area (Å²) in [5, 5.41) is 16.0. The van der Waals surface area contributed by atoms with E-state index in [2.05, 4.69) is 15.6 Å². The first-order chi connectivity index (χ1) is 11.4. The Labute approximate surface area is 150 Å². The smallest absolute Gasteiger partial charge is 0.325 e. The summed E-state index contributed by atoms with van der Waals surface area (Å²) in [6.07, 6.45) is 0. The molecule has 7 heteroatoms. The number of nitrogens with zero attached hydrogens (tertiary/aromatic N) is 1. The number of guanidine groups is 1. The lowest BCUT2D eigenvalue weighted by molar-refractivity contribution is -0.135. The number of halogens is 2. The van der Waals surface area contributed by atoms with Crippen LogP contribution in [0.2, 0.25) is 10.0 Å². The highest BCUT2D eigenvalue weighted by Gasteiger charge is 2.09. The number of carbonyl (C=O) groups is 1. The van der Waals surface area contributed by atoms with E-state index >= 15 is 0 Å². The minimum atomic E-state index is -1.02. The number of carboxylic acids is 1. The Morgan fingerprint density at radius 2 is 1.79 bits per heavy atom. The molecule has 0 heterocycles. The van der Waals surface area contributed by atoms with Crippen molar-refractivity contribution in [1.29, 1.82) is 0 Å². The molecule has 2 aromatic rings. The first-order valence-electron chi connectivity index (χ1n) is 7.25. The lowest BCUT2D eigenvalue weighted by Crippen LogP contribution is -2.33. The van der Waals surface area contributed by atoms with Gasteiger partial charge in [-0.05, 0) is 30.7 Å². The van der Waals surface area contributed by atoms with Crippen molar-refractivity contribution < 1.29 is 9.90 Å². The lowest BCUT2D eigenvalue weighted by atomic mass is 10.1. The van der Waals surface area contributed by atoms with Crippen LogP contribution in [0.1, 0.15) is 18.5 Å². The highest BCUT2D eigenvalue weighted by Crippen LogP contribution is 2.22. The predicted octanol–water partition coefficient (Wildman–Crippen LogP) is 4.20. The molecule has 2 rings (SSSR count). The van der Waals surface area contributed by atoms with E-state index in [1.807, 2.05) is 37.3 Å². The maximum atomic E-state index is 10.8. The number of nitrogens with one attached hydrogen (secondary N) is 2. The van der Waals surface area contributed by atoms with Crippen molar-refractivity contribution in [1.82, 2.24) is 5.32 Å². The highest BCUT2D eigenvalue weighted by molar-refractivity contribution is 6.35. The van der Waals surface area contributed by atoms with Gasteiger partial charge in [0.1, 0.15) is 6.54 Å². The van der Waals surface area contributed by atoms with Crippen LogP contribution in [0.25, 0.3) is 0 Å². The first kappa shape index (κ1) is 18.1. The van der Waals surface area contributed by atoms with Gasteiger partial charge in [0.05, 0.1) is 6.04 Å². The summed E-state index contributed by atoms with van der Waals surface area (Å²) < 4.78 is 0. The molecule has 0 saturated heterocycles. The number of carboxylic acid groups (broad SMARTS) is 1. The van der Waals surface area contributed by atoms with Crippen LogP contribution in [-0.4, -0.2) is 23.6 Å². The number of aliphatic carboxylic acids is 1. The van der Waals surface area contributed by atoms with Gasteiger partial charge in [0.25, 0.3) is 0 Å². The molecule has 0 aliphatic carbocycles. The molecule has 0 spiro atoms. The Kier molecular flexibility index (Phi) is 6.46. The summed E-state index contributed by atoms with van der Waals surface area (Å²) >= 11 is 12.0. The SMILES string of the molecule is C[C@@H](NC(=NCC(=O)O)Nc1cc(Cl)cc(Cl)c1)c1ccccc1. The molecule has 0 aromatic heterocycles. The van der Waals surface area contributed by atoms with Crippen molar-refractivity contribution in [3.8, 4) is 0 Å². The van der Waals surface area contributed by atoms with Gasteiger partial charge in [0, 0.05) is 15.7 Å². The average molecular weight is 366 g/mol. The molecule has 0 fully saturated rings. The van der Waals surface area contributed by atoms with Gasteiger partial charge < -0.3 is 15.7 Å². The topological polar surface area (TPSA) is 73.7 Å². The second kappa shape index (κ2) is 8.57. The van der Waals surface area contributed by atoms with Gasteiger partial charge >= 0.3 is 5.97 Å². The number of hydrogen-bond donors (Lipinski definition) is 3. The van der Waals surface area contributed by atoms with Crippen molar-refractivity contribution in [2.45, 2.75) is 13.0 Å². The number of hydrogen-bond acceptors (Lipinski definition) is 2. The van der Waals surface area contributed by atoms with Crippen LogP contribution in [0.3, 0.4) is 0 Å². The van der Waals surface area contributed by atoms with E-state index in [1.54, 1.807) is 18.2 Å². The zero-order valence-corrected chi connectivity index (χ0v) is 14.5. The van der Waals surface area contributed by atoms with Crippen molar-refractivity contribution in [2.24, 2.45) is 4.99 Å².